The highest BCUT2D eigenvalue weighted by molar-refractivity contribution is 8.04. The maximum absolute atomic E-state index is 12.6. The molecule has 2 aromatic rings. The fourth-order valence-corrected chi connectivity index (χ4v) is 4.13. The zero-order valence-electron chi connectivity index (χ0n) is 13.3. The van der Waals surface area contributed by atoms with Crippen LogP contribution in [0.15, 0.2) is 74.9 Å². The van der Waals surface area contributed by atoms with Gasteiger partial charge in [-0.2, -0.15) is 12.8 Å². The summed E-state index contributed by atoms with van der Waals surface area (Å²) in [6, 6.07) is 14.3. The Hall–Kier alpha value is -2.71. The van der Waals surface area contributed by atoms with Crippen LogP contribution < -0.4 is 0 Å². The summed E-state index contributed by atoms with van der Waals surface area (Å²) in [5, 5.41) is 8.84. The summed E-state index contributed by atoms with van der Waals surface area (Å²) < 4.78 is 29.0. The van der Waals surface area contributed by atoms with Crippen LogP contribution in [0.5, 0.6) is 0 Å². The minimum atomic E-state index is -3.97. The van der Waals surface area contributed by atoms with Crippen molar-refractivity contribution in [3.8, 4) is 0 Å². The van der Waals surface area contributed by atoms with Gasteiger partial charge in [0, 0.05) is 11.1 Å². The number of benzene rings is 2. The normalized spacial score (nSPS) is 15.5. The zero-order chi connectivity index (χ0) is 18.7. The summed E-state index contributed by atoms with van der Waals surface area (Å²) in [6.45, 7) is 0. The number of carboxylic acids is 1. The van der Waals surface area contributed by atoms with Crippen LogP contribution in [0, 0.1) is 0 Å². The summed E-state index contributed by atoms with van der Waals surface area (Å²) in [5.74, 6) is -1.72. The van der Waals surface area contributed by atoms with E-state index in [0.717, 1.165) is 11.8 Å². The molecule has 0 bridgehead atoms. The summed E-state index contributed by atoms with van der Waals surface area (Å²) in [4.78, 5) is 23.5. The standard InChI is InChI=1S/C18H13NO5S2/c20-17(21)11-25-16-10-15(13-8-4-5-9-14(13)18(16)22)19-26(23,24)12-6-2-1-3-7-12/h1-10H,11H2,(H,20,21). The SMILES string of the molecule is O=C(O)CSC1=CC(=NS(=O)(=O)c2ccccc2)c2ccccc2C1=O. The van der Waals surface area contributed by atoms with Gasteiger partial charge in [-0.1, -0.05) is 42.5 Å². The van der Waals surface area contributed by atoms with Gasteiger partial charge in [0.1, 0.15) is 0 Å². The number of sulfonamides is 1. The largest absolute Gasteiger partial charge is 0.481 e. The number of hydrogen-bond acceptors (Lipinski definition) is 5. The Morgan fingerprint density at radius 3 is 2.27 bits per heavy atom. The molecule has 26 heavy (non-hydrogen) atoms. The number of fused-ring (bicyclic) bond motifs is 1. The second-order valence-corrected chi connectivity index (χ2v) is 7.95. The summed E-state index contributed by atoms with van der Waals surface area (Å²) >= 11 is 0.839. The number of nitrogens with zero attached hydrogens (tertiary/aromatic N) is 1. The average molecular weight is 387 g/mol. The minimum Gasteiger partial charge on any atom is -0.481 e. The number of ketones is 1. The molecule has 1 aliphatic carbocycles. The lowest BCUT2D eigenvalue weighted by atomic mass is 9.94. The molecule has 1 N–H and O–H groups in total. The zero-order valence-corrected chi connectivity index (χ0v) is 15.0. The van der Waals surface area contributed by atoms with Gasteiger partial charge in [0.25, 0.3) is 10.0 Å². The van der Waals surface area contributed by atoms with Crippen LogP contribution in [0.1, 0.15) is 15.9 Å². The molecule has 0 atom stereocenters. The van der Waals surface area contributed by atoms with Gasteiger partial charge >= 0.3 is 5.97 Å². The predicted molar refractivity (Wildman–Crippen MR) is 99.1 cm³/mol. The molecule has 8 heteroatoms. The van der Waals surface area contributed by atoms with Crippen molar-refractivity contribution in [3.05, 3.63) is 76.7 Å². The van der Waals surface area contributed by atoms with Gasteiger partial charge in [-0.25, -0.2) is 0 Å². The molecule has 0 radical (unpaired) electrons. The Kier molecular flexibility index (Phi) is 5.06. The predicted octanol–water partition coefficient (Wildman–Crippen LogP) is 2.76. The quantitative estimate of drug-likeness (QED) is 0.847. The molecule has 1 aliphatic rings. The van der Waals surface area contributed by atoms with E-state index in [9.17, 15) is 18.0 Å². The van der Waals surface area contributed by atoms with Crippen LogP contribution in [0.2, 0.25) is 0 Å². The van der Waals surface area contributed by atoms with Crippen molar-refractivity contribution in [1.82, 2.24) is 0 Å². The average Bonchev–Trinajstić information content (AvgIpc) is 2.63. The van der Waals surface area contributed by atoms with E-state index < -0.39 is 16.0 Å². The van der Waals surface area contributed by atoms with Crippen LogP contribution in [0.25, 0.3) is 0 Å². The van der Waals surface area contributed by atoms with Crippen molar-refractivity contribution in [2.45, 2.75) is 4.90 Å². The number of carboxylic acid groups (broad SMARTS) is 1. The molecular weight excluding hydrogens is 374 g/mol. The number of carbonyl (C=O) groups excluding carboxylic acids is 1. The van der Waals surface area contributed by atoms with E-state index in [1.165, 1.54) is 18.2 Å². The van der Waals surface area contributed by atoms with Crippen molar-refractivity contribution in [2.24, 2.45) is 4.40 Å². The Morgan fingerprint density at radius 2 is 1.62 bits per heavy atom. The first-order valence-electron chi connectivity index (χ1n) is 7.49. The van der Waals surface area contributed by atoms with Gasteiger partial charge in [-0.15, -0.1) is 11.8 Å². The second-order valence-electron chi connectivity index (χ2n) is 5.33. The lowest BCUT2D eigenvalue weighted by Crippen LogP contribution is -2.18. The second kappa shape index (κ2) is 7.27. The van der Waals surface area contributed by atoms with Gasteiger partial charge in [0.2, 0.25) is 0 Å². The number of rotatable bonds is 5. The van der Waals surface area contributed by atoms with Gasteiger partial charge in [-0.3, -0.25) is 9.59 Å². The maximum Gasteiger partial charge on any atom is 0.313 e. The van der Waals surface area contributed by atoms with Gasteiger partial charge < -0.3 is 5.11 Å². The van der Waals surface area contributed by atoms with Crippen molar-refractivity contribution in [3.63, 3.8) is 0 Å². The number of aliphatic carboxylic acids is 1. The third kappa shape index (κ3) is 3.76. The molecule has 0 spiro atoms. The summed E-state index contributed by atoms with van der Waals surface area (Å²) in [6.07, 6.45) is 1.33. The molecule has 0 saturated heterocycles. The van der Waals surface area contributed by atoms with Crippen molar-refractivity contribution >= 4 is 39.2 Å². The van der Waals surface area contributed by atoms with Crippen LogP contribution in [-0.2, 0) is 14.8 Å². The molecule has 2 aromatic carbocycles. The van der Waals surface area contributed by atoms with Gasteiger partial charge in [0.05, 0.1) is 21.3 Å². The molecule has 0 unspecified atom stereocenters. The van der Waals surface area contributed by atoms with Gasteiger partial charge in [0.15, 0.2) is 5.78 Å². The molecule has 0 fully saturated rings. The third-order valence-electron chi connectivity index (χ3n) is 3.55. The van der Waals surface area contributed by atoms with E-state index in [0.29, 0.717) is 11.1 Å². The monoisotopic (exact) mass is 387 g/mol. The maximum atomic E-state index is 12.6. The number of allylic oxidation sites excluding steroid dienone is 2. The minimum absolute atomic E-state index is 0.0371. The van der Waals surface area contributed by atoms with E-state index in [2.05, 4.69) is 4.40 Å². The molecule has 0 amide bonds. The molecule has 3 rings (SSSR count). The van der Waals surface area contributed by atoms with E-state index >= 15 is 0 Å². The molecule has 0 aliphatic heterocycles. The highest BCUT2D eigenvalue weighted by Gasteiger charge is 2.26. The third-order valence-corrected chi connectivity index (χ3v) is 5.86. The van der Waals surface area contributed by atoms with E-state index in [4.69, 9.17) is 5.11 Å². The van der Waals surface area contributed by atoms with E-state index in [-0.39, 0.29) is 27.0 Å². The smallest absolute Gasteiger partial charge is 0.313 e. The van der Waals surface area contributed by atoms with Crippen LogP contribution in [0.3, 0.4) is 0 Å². The van der Waals surface area contributed by atoms with Crippen LogP contribution in [-0.4, -0.2) is 36.7 Å². The fourth-order valence-electron chi connectivity index (χ4n) is 2.40. The lowest BCUT2D eigenvalue weighted by Gasteiger charge is -2.16. The lowest BCUT2D eigenvalue weighted by molar-refractivity contribution is -0.133. The number of Topliss-reactive ketones (excluding diaryl/α,β-unsaturated/α-hetero) is 1. The summed E-state index contributed by atoms with van der Waals surface area (Å²) in [5.41, 5.74) is 0.804. The molecule has 6 nitrogen and oxygen atoms in total. The number of hydrogen-bond donors (Lipinski definition) is 1. The fraction of sp³-hybridized carbons (Fsp3) is 0.0556. The molecule has 0 aromatic heterocycles. The van der Waals surface area contributed by atoms with Gasteiger partial charge in [-0.05, 0) is 18.2 Å². The van der Waals surface area contributed by atoms with Crippen LogP contribution in [0.4, 0.5) is 0 Å². The highest BCUT2D eigenvalue weighted by atomic mass is 32.2. The Balaban J connectivity index is 2.11. The summed E-state index contributed by atoms with van der Waals surface area (Å²) in [7, 11) is -3.97. The highest BCUT2D eigenvalue weighted by Crippen LogP contribution is 2.29. The van der Waals surface area contributed by atoms with Crippen molar-refractivity contribution in [2.75, 3.05) is 5.75 Å². The number of thioether (sulfide) groups is 1. The molecule has 0 heterocycles. The van der Waals surface area contributed by atoms with Crippen molar-refractivity contribution < 1.29 is 23.1 Å². The molecular formula is C18H13NO5S2. The first kappa shape index (κ1) is 18.1. The van der Waals surface area contributed by atoms with Crippen LogP contribution >= 0.6 is 11.8 Å². The van der Waals surface area contributed by atoms with E-state index in [1.807, 2.05) is 0 Å². The Labute approximate surface area is 154 Å². The van der Waals surface area contributed by atoms with Crippen molar-refractivity contribution in [1.29, 1.82) is 0 Å². The molecule has 132 valence electrons. The van der Waals surface area contributed by atoms with E-state index in [1.54, 1.807) is 42.5 Å². The first-order valence-corrected chi connectivity index (χ1v) is 9.91. The Bertz CT molecular complexity index is 1040. The number of carbonyl (C=O) groups is 2. The molecule has 0 saturated carbocycles. The Morgan fingerprint density at radius 1 is 1.00 bits per heavy atom. The first-order chi connectivity index (χ1) is 12.4. The topological polar surface area (TPSA) is 101 Å².